The number of benzene rings is 2. The van der Waals surface area contributed by atoms with Gasteiger partial charge >= 0.3 is 0 Å². The van der Waals surface area contributed by atoms with E-state index in [-0.39, 0.29) is 11.3 Å². The van der Waals surface area contributed by atoms with Crippen LogP contribution in [-0.4, -0.2) is 74.1 Å². The molecule has 1 fully saturated rings. The Morgan fingerprint density at radius 1 is 0.943 bits per heavy atom. The van der Waals surface area contributed by atoms with Gasteiger partial charge in [0.15, 0.2) is 11.5 Å². The van der Waals surface area contributed by atoms with Gasteiger partial charge in [-0.3, -0.25) is 9.59 Å². The van der Waals surface area contributed by atoms with Crippen LogP contribution in [0, 0.1) is 6.92 Å². The van der Waals surface area contributed by atoms with E-state index in [1.165, 1.54) is 12.0 Å². The highest BCUT2D eigenvalue weighted by Gasteiger charge is 2.46. The number of rotatable bonds is 10. The number of nitrogens with zero attached hydrogens (tertiary/aromatic N) is 2. The minimum absolute atomic E-state index is 0.0475. The third kappa shape index (κ3) is 5.12. The van der Waals surface area contributed by atoms with Crippen LogP contribution in [0.4, 0.5) is 0 Å². The quantitative estimate of drug-likeness (QED) is 0.313. The Kier molecular flexibility index (Phi) is 8.40. The lowest BCUT2D eigenvalue weighted by molar-refractivity contribution is -0.140. The fraction of sp³-hybridized carbons (Fsp3) is 0.407. The van der Waals surface area contributed by atoms with Gasteiger partial charge in [-0.05, 0) is 61.5 Å². The summed E-state index contributed by atoms with van der Waals surface area (Å²) >= 11 is 0. The minimum atomic E-state index is -0.771. The number of hydrogen-bond donors (Lipinski definition) is 1. The summed E-state index contributed by atoms with van der Waals surface area (Å²) in [4.78, 5) is 30.2. The van der Waals surface area contributed by atoms with Crippen molar-refractivity contribution in [3.63, 3.8) is 0 Å². The summed E-state index contributed by atoms with van der Waals surface area (Å²) in [5.74, 6) is 0.0951. The summed E-state index contributed by atoms with van der Waals surface area (Å²) in [6, 6.07) is 9.64. The fourth-order valence-electron chi connectivity index (χ4n) is 4.45. The minimum Gasteiger partial charge on any atom is -0.507 e. The molecular weight excluding hydrogens is 448 g/mol. The van der Waals surface area contributed by atoms with Crippen LogP contribution in [0.15, 0.2) is 42.0 Å². The maximum Gasteiger partial charge on any atom is 0.295 e. The molecule has 35 heavy (non-hydrogen) atoms. The average Bonchev–Trinajstić information content (AvgIpc) is 3.13. The van der Waals surface area contributed by atoms with Crippen molar-refractivity contribution >= 4 is 17.4 Å². The summed E-state index contributed by atoms with van der Waals surface area (Å²) in [7, 11) is 4.64. The monoisotopic (exact) mass is 482 g/mol. The van der Waals surface area contributed by atoms with Crippen molar-refractivity contribution in [3.8, 4) is 17.2 Å². The molecule has 1 N–H and O–H groups in total. The van der Waals surface area contributed by atoms with E-state index in [0.717, 1.165) is 18.7 Å². The second-order valence-corrected chi connectivity index (χ2v) is 8.32. The van der Waals surface area contributed by atoms with Crippen LogP contribution in [0.5, 0.6) is 17.2 Å². The SMILES string of the molecule is CCN(CC)CCN1C(=O)C(=O)C(=C(O)c2ccc(OC)c(C)c2)[C@H]1c1ccc(OC)c(OC)c1. The van der Waals surface area contributed by atoms with E-state index in [1.807, 2.05) is 6.92 Å². The molecule has 1 aliphatic heterocycles. The Balaban J connectivity index is 2.17. The topological polar surface area (TPSA) is 88.5 Å². The molecule has 3 rings (SSSR count). The van der Waals surface area contributed by atoms with E-state index in [4.69, 9.17) is 14.2 Å². The van der Waals surface area contributed by atoms with Crippen molar-refractivity contribution in [2.75, 3.05) is 47.5 Å². The molecule has 1 saturated heterocycles. The third-order valence-corrected chi connectivity index (χ3v) is 6.48. The molecule has 8 nitrogen and oxygen atoms in total. The van der Waals surface area contributed by atoms with Gasteiger partial charge in [-0.2, -0.15) is 0 Å². The number of likely N-dealkylation sites (N-methyl/N-ethyl adjacent to an activating group) is 1. The Bertz CT molecular complexity index is 1120. The molecule has 1 aliphatic rings. The van der Waals surface area contributed by atoms with Gasteiger partial charge in [0.2, 0.25) is 0 Å². The Hall–Kier alpha value is -3.52. The Labute approximate surface area is 206 Å². The van der Waals surface area contributed by atoms with E-state index in [9.17, 15) is 14.7 Å². The number of aliphatic hydroxyl groups is 1. The van der Waals surface area contributed by atoms with Crippen molar-refractivity contribution in [1.82, 2.24) is 9.80 Å². The van der Waals surface area contributed by atoms with Gasteiger partial charge in [-0.25, -0.2) is 0 Å². The second-order valence-electron chi connectivity index (χ2n) is 8.32. The number of hydrogen-bond acceptors (Lipinski definition) is 7. The number of methoxy groups -OCH3 is 3. The van der Waals surface area contributed by atoms with Crippen molar-refractivity contribution in [3.05, 3.63) is 58.7 Å². The zero-order valence-electron chi connectivity index (χ0n) is 21.3. The van der Waals surface area contributed by atoms with Crippen LogP contribution in [0.25, 0.3) is 5.76 Å². The van der Waals surface area contributed by atoms with Crippen LogP contribution in [0.2, 0.25) is 0 Å². The Morgan fingerprint density at radius 2 is 1.57 bits per heavy atom. The number of ether oxygens (including phenoxy) is 3. The molecule has 2 aromatic rings. The molecule has 0 aliphatic carbocycles. The highest BCUT2D eigenvalue weighted by atomic mass is 16.5. The molecule has 2 aromatic carbocycles. The predicted molar refractivity (Wildman–Crippen MR) is 134 cm³/mol. The van der Waals surface area contributed by atoms with Crippen LogP contribution in [-0.2, 0) is 9.59 Å². The zero-order valence-corrected chi connectivity index (χ0v) is 21.3. The standard InChI is InChI=1S/C27H34N2O6/c1-7-28(8-2)13-14-29-24(18-9-12-21(34-5)22(16-18)35-6)23(26(31)27(29)32)25(30)19-10-11-20(33-4)17(3)15-19/h9-12,15-16,24,30H,7-8,13-14H2,1-6H3/t24-/m1/s1. The van der Waals surface area contributed by atoms with E-state index in [0.29, 0.717) is 41.5 Å². The van der Waals surface area contributed by atoms with Crippen molar-refractivity contribution in [1.29, 1.82) is 0 Å². The van der Waals surface area contributed by atoms with Crippen LogP contribution < -0.4 is 14.2 Å². The zero-order chi connectivity index (χ0) is 25.7. The summed E-state index contributed by atoms with van der Waals surface area (Å²) in [5.41, 5.74) is 1.94. The van der Waals surface area contributed by atoms with Crippen molar-refractivity contribution in [2.45, 2.75) is 26.8 Å². The van der Waals surface area contributed by atoms with E-state index in [1.54, 1.807) is 50.6 Å². The first-order valence-electron chi connectivity index (χ1n) is 11.7. The first kappa shape index (κ1) is 26.1. The van der Waals surface area contributed by atoms with Gasteiger partial charge in [-0.1, -0.05) is 19.9 Å². The number of aliphatic hydroxyl groups excluding tert-OH is 1. The first-order chi connectivity index (χ1) is 16.8. The number of Topliss-reactive ketones (excluding diaryl/α,β-unsaturated/α-hetero) is 1. The molecule has 188 valence electrons. The third-order valence-electron chi connectivity index (χ3n) is 6.48. The predicted octanol–water partition coefficient (Wildman–Crippen LogP) is 3.78. The van der Waals surface area contributed by atoms with Gasteiger partial charge in [0.05, 0.1) is 32.9 Å². The van der Waals surface area contributed by atoms with E-state index >= 15 is 0 Å². The van der Waals surface area contributed by atoms with Crippen LogP contribution >= 0.6 is 0 Å². The molecule has 0 spiro atoms. The Morgan fingerprint density at radius 3 is 2.14 bits per heavy atom. The molecule has 0 unspecified atom stereocenters. The maximum atomic E-state index is 13.3. The smallest absolute Gasteiger partial charge is 0.295 e. The van der Waals surface area contributed by atoms with Gasteiger partial charge in [-0.15, -0.1) is 0 Å². The summed E-state index contributed by atoms with van der Waals surface area (Å²) < 4.78 is 16.1. The molecule has 1 amide bonds. The van der Waals surface area contributed by atoms with Gasteiger partial charge in [0.1, 0.15) is 11.5 Å². The van der Waals surface area contributed by atoms with Gasteiger partial charge in [0, 0.05) is 18.7 Å². The van der Waals surface area contributed by atoms with Crippen LogP contribution in [0.3, 0.4) is 0 Å². The maximum absolute atomic E-state index is 13.3. The summed E-state index contributed by atoms with van der Waals surface area (Å²) in [6.45, 7) is 8.54. The average molecular weight is 483 g/mol. The summed E-state index contributed by atoms with van der Waals surface area (Å²) in [5, 5.41) is 11.3. The molecule has 8 heteroatoms. The number of carbonyl (C=O) groups is 2. The number of aryl methyl sites for hydroxylation is 1. The van der Waals surface area contributed by atoms with Crippen molar-refractivity contribution in [2.24, 2.45) is 0 Å². The molecule has 0 bridgehead atoms. The number of amides is 1. The van der Waals surface area contributed by atoms with Crippen molar-refractivity contribution < 1.29 is 28.9 Å². The van der Waals surface area contributed by atoms with Gasteiger partial charge < -0.3 is 29.1 Å². The molecule has 0 radical (unpaired) electrons. The molecule has 0 saturated carbocycles. The highest BCUT2D eigenvalue weighted by molar-refractivity contribution is 6.46. The summed E-state index contributed by atoms with van der Waals surface area (Å²) in [6.07, 6.45) is 0. The second kappa shape index (κ2) is 11.3. The normalized spacial score (nSPS) is 17.2. The lowest BCUT2D eigenvalue weighted by Crippen LogP contribution is -2.38. The number of likely N-dealkylation sites (tertiary alicyclic amines) is 1. The lowest BCUT2D eigenvalue weighted by Gasteiger charge is -2.28. The molecule has 1 heterocycles. The fourth-order valence-corrected chi connectivity index (χ4v) is 4.45. The lowest BCUT2D eigenvalue weighted by atomic mass is 9.94. The largest absolute Gasteiger partial charge is 0.507 e. The van der Waals surface area contributed by atoms with E-state index in [2.05, 4.69) is 18.7 Å². The molecular formula is C27H34N2O6. The number of ketones is 1. The van der Waals surface area contributed by atoms with E-state index < -0.39 is 17.7 Å². The number of carbonyl (C=O) groups excluding carboxylic acids is 2. The first-order valence-corrected chi connectivity index (χ1v) is 11.7. The molecule has 1 atom stereocenters. The highest BCUT2D eigenvalue weighted by Crippen LogP contribution is 2.42. The molecule has 0 aromatic heterocycles. The van der Waals surface area contributed by atoms with Gasteiger partial charge in [0.25, 0.3) is 11.7 Å². The van der Waals surface area contributed by atoms with Crippen LogP contribution in [0.1, 0.15) is 36.6 Å².